The number of aromatic amines is 1. The summed E-state index contributed by atoms with van der Waals surface area (Å²) in [5, 5.41) is 11.7. The molecular weight excluding hydrogens is 246 g/mol. The van der Waals surface area contributed by atoms with E-state index in [1.54, 1.807) is 20.4 Å². The Labute approximate surface area is 110 Å². The summed E-state index contributed by atoms with van der Waals surface area (Å²) in [4.78, 5) is 18.1. The quantitative estimate of drug-likeness (QED) is 0.758. The van der Waals surface area contributed by atoms with Crippen molar-refractivity contribution in [2.45, 2.75) is 6.04 Å². The van der Waals surface area contributed by atoms with Crippen molar-refractivity contribution in [3.63, 3.8) is 0 Å². The van der Waals surface area contributed by atoms with Gasteiger partial charge in [0.05, 0.1) is 19.0 Å². The average Bonchev–Trinajstić information content (AvgIpc) is 2.89. The van der Waals surface area contributed by atoms with Crippen LogP contribution in [0.3, 0.4) is 0 Å². The number of carboxylic acid groups (broad SMARTS) is 1. The highest BCUT2D eigenvalue weighted by Crippen LogP contribution is 2.22. The molecule has 0 amide bonds. The number of ether oxygens (including phenoxy) is 1. The van der Waals surface area contributed by atoms with E-state index in [2.05, 4.69) is 15.3 Å². The van der Waals surface area contributed by atoms with Crippen LogP contribution < -0.4 is 10.1 Å². The SMILES string of the molecule is CNC(C(=O)O)c1ncc(-c2ccc(OC)cc2)[nH]1. The van der Waals surface area contributed by atoms with Crippen LogP contribution in [0.2, 0.25) is 0 Å². The van der Waals surface area contributed by atoms with E-state index in [0.29, 0.717) is 5.82 Å². The number of carboxylic acids is 1. The largest absolute Gasteiger partial charge is 0.497 e. The summed E-state index contributed by atoms with van der Waals surface area (Å²) in [6.07, 6.45) is 1.62. The third-order valence-corrected chi connectivity index (χ3v) is 2.81. The molecule has 1 unspecified atom stereocenters. The first-order valence-corrected chi connectivity index (χ1v) is 5.75. The average molecular weight is 261 g/mol. The highest BCUT2D eigenvalue weighted by atomic mass is 16.5. The Hall–Kier alpha value is -2.34. The summed E-state index contributed by atoms with van der Waals surface area (Å²) < 4.78 is 5.08. The predicted octanol–water partition coefficient (Wildman–Crippen LogP) is 1.43. The smallest absolute Gasteiger partial charge is 0.328 e. The molecule has 2 aromatic rings. The summed E-state index contributed by atoms with van der Waals surface area (Å²) in [6, 6.07) is 6.59. The van der Waals surface area contributed by atoms with Gasteiger partial charge in [-0.05, 0) is 36.9 Å². The van der Waals surface area contributed by atoms with E-state index >= 15 is 0 Å². The fourth-order valence-electron chi connectivity index (χ4n) is 1.78. The molecule has 0 fully saturated rings. The predicted molar refractivity (Wildman–Crippen MR) is 70.0 cm³/mol. The van der Waals surface area contributed by atoms with E-state index in [1.165, 1.54) is 0 Å². The number of H-pyrrole nitrogens is 1. The van der Waals surface area contributed by atoms with Crippen LogP contribution >= 0.6 is 0 Å². The van der Waals surface area contributed by atoms with E-state index in [0.717, 1.165) is 17.0 Å². The molecule has 0 saturated heterocycles. The van der Waals surface area contributed by atoms with Crippen LogP contribution in [0.25, 0.3) is 11.3 Å². The molecule has 0 aliphatic carbocycles. The van der Waals surface area contributed by atoms with Crippen molar-refractivity contribution in [2.75, 3.05) is 14.2 Å². The van der Waals surface area contributed by atoms with Gasteiger partial charge in [0.15, 0.2) is 6.04 Å². The van der Waals surface area contributed by atoms with Crippen LogP contribution in [0.15, 0.2) is 30.5 Å². The minimum Gasteiger partial charge on any atom is -0.497 e. The maximum Gasteiger partial charge on any atom is 0.328 e. The lowest BCUT2D eigenvalue weighted by molar-refractivity contribution is -0.139. The van der Waals surface area contributed by atoms with Gasteiger partial charge in [0.1, 0.15) is 11.6 Å². The van der Waals surface area contributed by atoms with Crippen molar-refractivity contribution in [3.05, 3.63) is 36.3 Å². The van der Waals surface area contributed by atoms with Gasteiger partial charge in [0.25, 0.3) is 0 Å². The fraction of sp³-hybridized carbons (Fsp3) is 0.231. The number of aliphatic carboxylic acids is 1. The number of nitrogens with zero attached hydrogens (tertiary/aromatic N) is 1. The number of likely N-dealkylation sites (N-methyl/N-ethyl adjacent to an activating group) is 1. The van der Waals surface area contributed by atoms with Crippen molar-refractivity contribution < 1.29 is 14.6 Å². The first-order valence-electron chi connectivity index (χ1n) is 5.75. The molecule has 1 heterocycles. The van der Waals surface area contributed by atoms with Crippen LogP contribution in [0, 0.1) is 0 Å². The molecule has 19 heavy (non-hydrogen) atoms. The van der Waals surface area contributed by atoms with Gasteiger partial charge in [-0.25, -0.2) is 4.98 Å². The van der Waals surface area contributed by atoms with Gasteiger partial charge in [-0.15, -0.1) is 0 Å². The van der Waals surface area contributed by atoms with Crippen LogP contribution in [0.1, 0.15) is 11.9 Å². The van der Waals surface area contributed by atoms with Crippen LogP contribution in [-0.2, 0) is 4.79 Å². The van der Waals surface area contributed by atoms with E-state index in [-0.39, 0.29) is 0 Å². The normalized spacial score (nSPS) is 12.1. The second kappa shape index (κ2) is 5.53. The lowest BCUT2D eigenvalue weighted by Gasteiger charge is -2.07. The van der Waals surface area contributed by atoms with Crippen molar-refractivity contribution in [1.82, 2.24) is 15.3 Å². The lowest BCUT2D eigenvalue weighted by atomic mass is 10.2. The second-order valence-corrected chi connectivity index (χ2v) is 3.97. The van der Waals surface area contributed by atoms with Gasteiger partial charge < -0.3 is 20.1 Å². The van der Waals surface area contributed by atoms with E-state index in [9.17, 15) is 4.79 Å². The number of benzene rings is 1. The Balaban J connectivity index is 2.26. The molecule has 0 bridgehead atoms. The van der Waals surface area contributed by atoms with Gasteiger partial charge in [0, 0.05) is 0 Å². The van der Waals surface area contributed by atoms with Gasteiger partial charge in [0.2, 0.25) is 0 Å². The monoisotopic (exact) mass is 261 g/mol. The standard InChI is InChI=1S/C13H15N3O3/c1-14-11(13(17)18)12-15-7-10(16-12)8-3-5-9(19-2)6-4-8/h3-7,11,14H,1-2H3,(H,15,16)(H,17,18). The van der Waals surface area contributed by atoms with Gasteiger partial charge in [-0.1, -0.05) is 0 Å². The molecule has 0 radical (unpaired) electrons. The molecule has 6 heteroatoms. The lowest BCUT2D eigenvalue weighted by Crippen LogP contribution is -2.26. The number of rotatable bonds is 5. The molecule has 3 N–H and O–H groups in total. The Morgan fingerprint density at radius 2 is 2.11 bits per heavy atom. The summed E-state index contributed by atoms with van der Waals surface area (Å²) >= 11 is 0. The Morgan fingerprint density at radius 1 is 1.42 bits per heavy atom. The van der Waals surface area contributed by atoms with Gasteiger partial charge in [-0.3, -0.25) is 4.79 Å². The third kappa shape index (κ3) is 2.74. The summed E-state index contributed by atoms with van der Waals surface area (Å²) in [5.41, 5.74) is 1.68. The Kier molecular flexibility index (Phi) is 3.82. The van der Waals surface area contributed by atoms with Crippen LogP contribution in [0.4, 0.5) is 0 Å². The molecule has 100 valence electrons. The molecule has 1 aromatic carbocycles. The zero-order chi connectivity index (χ0) is 13.8. The van der Waals surface area contributed by atoms with Crippen LogP contribution in [0.5, 0.6) is 5.75 Å². The second-order valence-electron chi connectivity index (χ2n) is 3.97. The molecule has 2 rings (SSSR count). The first kappa shape index (κ1) is 13.1. The summed E-state index contributed by atoms with van der Waals surface area (Å²) in [6.45, 7) is 0. The molecule has 0 spiro atoms. The Morgan fingerprint density at radius 3 is 2.63 bits per heavy atom. The fourth-order valence-corrected chi connectivity index (χ4v) is 1.78. The van der Waals surface area contributed by atoms with Gasteiger partial charge in [-0.2, -0.15) is 0 Å². The minimum atomic E-state index is -0.974. The highest BCUT2D eigenvalue weighted by Gasteiger charge is 2.20. The summed E-state index contributed by atoms with van der Waals surface area (Å²) in [7, 11) is 3.18. The maximum atomic E-state index is 11.0. The number of imidazole rings is 1. The topological polar surface area (TPSA) is 87.2 Å². The number of nitrogens with one attached hydrogen (secondary N) is 2. The third-order valence-electron chi connectivity index (χ3n) is 2.81. The molecule has 0 aliphatic rings. The zero-order valence-corrected chi connectivity index (χ0v) is 10.7. The van der Waals surface area contributed by atoms with Crippen molar-refractivity contribution in [2.24, 2.45) is 0 Å². The number of hydrogen-bond acceptors (Lipinski definition) is 4. The van der Waals surface area contributed by atoms with Crippen molar-refractivity contribution in [3.8, 4) is 17.0 Å². The molecule has 0 saturated carbocycles. The van der Waals surface area contributed by atoms with Crippen LogP contribution in [-0.4, -0.2) is 35.2 Å². The highest BCUT2D eigenvalue weighted by molar-refractivity contribution is 5.74. The minimum absolute atomic E-state index is 0.376. The van der Waals surface area contributed by atoms with Crippen molar-refractivity contribution in [1.29, 1.82) is 0 Å². The first-order chi connectivity index (χ1) is 9.15. The van der Waals surface area contributed by atoms with E-state index < -0.39 is 12.0 Å². The number of hydrogen-bond donors (Lipinski definition) is 3. The summed E-state index contributed by atoms with van der Waals surface area (Å²) in [5.74, 6) is 0.168. The molecule has 1 aromatic heterocycles. The van der Waals surface area contributed by atoms with Gasteiger partial charge >= 0.3 is 5.97 Å². The van der Waals surface area contributed by atoms with E-state index in [1.807, 2.05) is 24.3 Å². The number of carbonyl (C=O) groups is 1. The molecular formula is C13H15N3O3. The van der Waals surface area contributed by atoms with Crippen molar-refractivity contribution >= 4 is 5.97 Å². The number of methoxy groups -OCH3 is 1. The Bertz CT molecular complexity index is 563. The zero-order valence-electron chi connectivity index (χ0n) is 10.7. The van der Waals surface area contributed by atoms with E-state index in [4.69, 9.17) is 9.84 Å². The molecule has 0 aliphatic heterocycles. The number of aromatic nitrogens is 2. The molecule has 1 atom stereocenters. The molecule has 6 nitrogen and oxygen atoms in total. The maximum absolute atomic E-state index is 11.0.